The smallest absolute Gasteiger partial charge is 0.216 e. The highest BCUT2D eigenvalue weighted by molar-refractivity contribution is 5.85. The molecule has 0 unspecified atom stereocenters. The molecule has 1 rings (SSSR count). The summed E-state index contributed by atoms with van der Waals surface area (Å²) in [5.74, 6) is -0.0149. The van der Waals surface area contributed by atoms with Gasteiger partial charge in [0.15, 0.2) is 0 Å². The quantitative estimate of drug-likeness (QED) is 0.779. The first-order valence-electron chi connectivity index (χ1n) is 3.78. The van der Waals surface area contributed by atoms with Crippen molar-refractivity contribution in [3.05, 3.63) is 24.3 Å². The molecule has 0 spiro atoms. The molecule has 0 aromatic carbocycles. The fourth-order valence-corrected chi connectivity index (χ4v) is 0.826. The number of aromatic nitrogens is 2. The highest BCUT2D eigenvalue weighted by Gasteiger charge is 1.93. The Hall–Kier alpha value is -1.16. The Kier molecular flexibility index (Phi) is 5.80. The summed E-state index contributed by atoms with van der Waals surface area (Å²) in [5.41, 5.74) is 0.895. The second-order valence-corrected chi connectivity index (χ2v) is 2.43. The van der Waals surface area contributed by atoms with Crippen LogP contribution in [0, 0.1) is 0 Å². The van der Waals surface area contributed by atoms with E-state index in [9.17, 15) is 4.79 Å². The highest BCUT2D eigenvalue weighted by Crippen LogP contribution is 1.89. The van der Waals surface area contributed by atoms with E-state index >= 15 is 0 Å². The van der Waals surface area contributed by atoms with Crippen molar-refractivity contribution in [2.45, 2.75) is 13.3 Å². The van der Waals surface area contributed by atoms with Gasteiger partial charge in [0.25, 0.3) is 0 Å². The Bertz CT molecular complexity index is 253. The zero-order valence-electron chi connectivity index (χ0n) is 7.36. The number of nitrogens with zero attached hydrogens (tertiary/aromatic N) is 2. The van der Waals surface area contributed by atoms with Crippen LogP contribution in [0.2, 0.25) is 0 Å². The molecule has 72 valence electrons. The van der Waals surface area contributed by atoms with Crippen LogP contribution in [-0.4, -0.2) is 22.4 Å². The van der Waals surface area contributed by atoms with Crippen molar-refractivity contribution in [2.24, 2.45) is 0 Å². The van der Waals surface area contributed by atoms with E-state index in [2.05, 4.69) is 15.3 Å². The van der Waals surface area contributed by atoms with Gasteiger partial charge in [0, 0.05) is 38.5 Å². The Morgan fingerprint density at radius 3 is 2.85 bits per heavy atom. The van der Waals surface area contributed by atoms with Crippen LogP contribution in [0.25, 0.3) is 0 Å². The van der Waals surface area contributed by atoms with E-state index in [0.717, 1.165) is 12.1 Å². The molecule has 1 heterocycles. The first-order valence-corrected chi connectivity index (χ1v) is 3.78. The maximum Gasteiger partial charge on any atom is 0.216 e. The van der Waals surface area contributed by atoms with Gasteiger partial charge in [-0.25, -0.2) is 0 Å². The predicted octanol–water partition coefficient (Wildman–Crippen LogP) is 0.577. The lowest BCUT2D eigenvalue weighted by molar-refractivity contribution is -0.118. The zero-order valence-corrected chi connectivity index (χ0v) is 8.17. The number of carbonyl (C=O) groups excluding carboxylic acids is 1. The van der Waals surface area contributed by atoms with Crippen LogP contribution in [0.4, 0.5) is 0 Å². The fraction of sp³-hybridized carbons (Fsp3) is 0.375. The number of amides is 1. The number of nitrogens with one attached hydrogen (secondary N) is 1. The number of hydrogen-bond acceptors (Lipinski definition) is 3. The maximum atomic E-state index is 10.5. The molecule has 0 bridgehead atoms. The van der Waals surface area contributed by atoms with Crippen LogP contribution in [0.3, 0.4) is 0 Å². The van der Waals surface area contributed by atoms with Gasteiger partial charge >= 0.3 is 0 Å². The normalized spacial score (nSPS) is 8.69. The predicted molar refractivity (Wildman–Crippen MR) is 51.7 cm³/mol. The van der Waals surface area contributed by atoms with Crippen LogP contribution < -0.4 is 5.32 Å². The first-order chi connectivity index (χ1) is 5.79. The molecule has 0 fully saturated rings. The van der Waals surface area contributed by atoms with Gasteiger partial charge in [-0.3, -0.25) is 14.8 Å². The molecule has 0 radical (unpaired) electrons. The zero-order chi connectivity index (χ0) is 8.81. The number of carbonyl (C=O) groups is 1. The molecule has 1 N–H and O–H groups in total. The van der Waals surface area contributed by atoms with Crippen LogP contribution in [0.1, 0.15) is 12.6 Å². The Balaban J connectivity index is 0.00000144. The van der Waals surface area contributed by atoms with Crippen LogP contribution in [-0.2, 0) is 11.2 Å². The van der Waals surface area contributed by atoms with Crippen molar-refractivity contribution in [3.63, 3.8) is 0 Å². The number of halogens is 1. The van der Waals surface area contributed by atoms with E-state index < -0.39 is 0 Å². The second kappa shape index (κ2) is 6.37. The molecule has 0 aliphatic heterocycles. The van der Waals surface area contributed by atoms with Gasteiger partial charge in [0.1, 0.15) is 0 Å². The number of hydrogen-bond donors (Lipinski definition) is 1. The van der Waals surface area contributed by atoms with Crippen LogP contribution in [0.15, 0.2) is 18.6 Å². The van der Waals surface area contributed by atoms with Gasteiger partial charge in [-0.1, -0.05) is 0 Å². The van der Waals surface area contributed by atoms with Crippen molar-refractivity contribution in [1.82, 2.24) is 15.3 Å². The standard InChI is InChI=1S/C8H11N3O.ClH/c1-7(12)10-3-2-8-6-9-4-5-11-8;/h4-6H,2-3H2,1H3,(H,10,12);1H. The SMILES string of the molecule is CC(=O)NCCc1cnccn1.Cl. The van der Waals surface area contributed by atoms with Crippen LogP contribution >= 0.6 is 12.4 Å². The Labute approximate surface area is 83.2 Å². The van der Waals surface area contributed by atoms with Crippen molar-refractivity contribution in [1.29, 1.82) is 0 Å². The number of rotatable bonds is 3. The van der Waals surface area contributed by atoms with Crippen molar-refractivity contribution in [3.8, 4) is 0 Å². The first kappa shape index (κ1) is 11.8. The third-order valence-electron chi connectivity index (χ3n) is 1.37. The Morgan fingerprint density at radius 1 is 1.54 bits per heavy atom. The molecular formula is C8H12ClN3O. The summed E-state index contributed by atoms with van der Waals surface area (Å²) in [6.07, 6.45) is 5.69. The molecule has 0 atom stereocenters. The minimum atomic E-state index is -0.0149. The van der Waals surface area contributed by atoms with Gasteiger partial charge < -0.3 is 5.32 Å². The maximum absolute atomic E-state index is 10.5. The lowest BCUT2D eigenvalue weighted by atomic mass is 10.3. The summed E-state index contributed by atoms with van der Waals surface area (Å²) in [6.45, 7) is 2.12. The minimum absolute atomic E-state index is 0. The van der Waals surface area contributed by atoms with Gasteiger partial charge in [-0.05, 0) is 0 Å². The molecule has 1 aromatic heterocycles. The summed E-state index contributed by atoms with van der Waals surface area (Å²) in [6, 6.07) is 0. The molecule has 0 aliphatic carbocycles. The lowest BCUT2D eigenvalue weighted by Crippen LogP contribution is -2.22. The van der Waals surface area contributed by atoms with Gasteiger partial charge in [0.2, 0.25) is 5.91 Å². The van der Waals surface area contributed by atoms with E-state index in [1.807, 2.05) is 0 Å². The molecule has 1 amide bonds. The van der Waals surface area contributed by atoms with Gasteiger partial charge in [-0.15, -0.1) is 12.4 Å². The van der Waals surface area contributed by atoms with E-state index in [1.54, 1.807) is 18.6 Å². The molecule has 0 saturated heterocycles. The van der Waals surface area contributed by atoms with Crippen molar-refractivity contribution >= 4 is 18.3 Å². The average Bonchev–Trinajstić information content (AvgIpc) is 2.05. The second-order valence-electron chi connectivity index (χ2n) is 2.43. The average molecular weight is 202 g/mol. The van der Waals surface area contributed by atoms with Crippen molar-refractivity contribution in [2.75, 3.05) is 6.54 Å². The molecule has 0 saturated carbocycles. The highest BCUT2D eigenvalue weighted by atomic mass is 35.5. The van der Waals surface area contributed by atoms with Crippen molar-refractivity contribution < 1.29 is 4.79 Å². The molecular weight excluding hydrogens is 190 g/mol. The largest absolute Gasteiger partial charge is 0.356 e. The summed E-state index contributed by atoms with van der Waals surface area (Å²) < 4.78 is 0. The van der Waals surface area contributed by atoms with E-state index in [0.29, 0.717) is 6.54 Å². The van der Waals surface area contributed by atoms with Gasteiger partial charge in [-0.2, -0.15) is 0 Å². The van der Waals surface area contributed by atoms with E-state index in [-0.39, 0.29) is 18.3 Å². The Morgan fingerprint density at radius 2 is 2.31 bits per heavy atom. The van der Waals surface area contributed by atoms with Crippen LogP contribution in [0.5, 0.6) is 0 Å². The summed E-state index contributed by atoms with van der Waals surface area (Å²) in [7, 11) is 0. The molecule has 5 heteroatoms. The topological polar surface area (TPSA) is 54.9 Å². The third-order valence-corrected chi connectivity index (χ3v) is 1.37. The van der Waals surface area contributed by atoms with E-state index in [1.165, 1.54) is 6.92 Å². The monoisotopic (exact) mass is 201 g/mol. The molecule has 1 aromatic rings. The summed E-state index contributed by atoms with van der Waals surface area (Å²) in [5, 5.41) is 2.69. The molecule has 13 heavy (non-hydrogen) atoms. The molecule has 0 aliphatic rings. The fourth-order valence-electron chi connectivity index (χ4n) is 0.826. The summed E-state index contributed by atoms with van der Waals surface area (Å²) in [4.78, 5) is 18.5. The van der Waals surface area contributed by atoms with E-state index in [4.69, 9.17) is 0 Å². The third kappa shape index (κ3) is 5.14. The molecule has 4 nitrogen and oxygen atoms in total. The summed E-state index contributed by atoms with van der Waals surface area (Å²) >= 11 is 0. The van der Waals surface area contributed by atoms with Gasteiger partial charge in [0.05, 0.1) is 5.69 Å². The lowest BCUT2D eigenvalue weighted by Gasteiger charge is -1.99. The minimum Gasteiger partial charge on any atom is -0.356 e.